The molecule has 1 aliphatic carbocycles. The molecular formula is C13H19ClN2O4S. The Hall–Kier alpha value is -0.860. The van der Waals surface area contributed by atoms with Crippen molar-refractivity contribution in [1.82, 2.24) is 4.72 Å². The van der Waals surface area contributed by atoms with Gasteiger partial charge in [-0.15, -0.1) is 0 Å². The number of hydrogen-bond acceptors (Lipinski definition) is 5. The van der Waals surface area contributed by atoms with Gasteiger partial charge in [0, 0.05) is 12.6 Å². The van der Waals surface area contributed by atoms with Gasteiger partial charge < -0.3 is 15.2 Å². The van der Waals surface area contributed by atoms with Crippen LogP contribution in [0.5, 0.6) is 5.75 Å². The molecule has 1 saturated carbocycles. The van der Waals surface area contributed by atoms with Gasteiger partial charge in [-0.2, -0.15) is 0 Å². The summed E-state index contributed by atoms with van der Waals surface area (Å²) in [6.45, 7) is 2.38. The second-order valence-electron chi connectivity index (χ2n) is 4.84. The van der Waals surface area contributed by atoms with Crippen LogP contribution in [0.3, 0.4) is 0 Å². The molecule has 6 nitrogen and oxygen atoms in total. The highest BCUT2D eigenvalue weighted by Crippen LogP contribution is 2.28. The molecule has 21 heavy (non-hydrogen) atoms. The van der Waals surface area contributed by atoms with E-state index in [1.54, 1.807) is 0 Å². The highest BCUT2D eigenvalue weighted by Gasteiger charge is 2.42. The lowest BCUT2D eigenvalue weighted by atomic mass is 9.84. The van der Waals surface area contributed by atoms with Crippen molar-refractivity contribution in [2.45, 2.75) is 36.4 Å². The van der Waals surface area contributed by atoms with E-state index in [2.05, 4.69) is 4.72 Å². The number of ether oxygens (including phenoxy) is 2. The Balaban J connectivity index is 2.16. The minimum atomic E-state index is -3.70. The van der Waals surface area contributed by atoms with E-state index in [9.17, 15) is 8.42 Å². The van der Waals surface area contributed by atoms with Crippen molar-refractivity contribution in [3.63, 3.8) is 0 Å². The van der Waals surface area contributed by atoms with Crippen molar-refractivity contribution in [2.24, 2.45) is 5.73 Å². The number of rotatable bonds is 6. The summed E-state index contributed by atoms with van der Waals surface area (Å²) >= 11 is 5.96. The number of methoxy groups -OCH3 is 1. The highest BCUT2D eigenvalue weighted by atomic mass is 35.5. The SMILES string of the molecule is CCOC1CC(N)C1NS(=O)(=O)c1ccc(OC)c(Cl)c1. The summed E-state index contributed by atoms with van der Waals surface area (Å²) in [6, 6.07) is 3.63. The molecule has 1 aromatic carbocycles. The average Bonchev–Trinajstić information content (AvgIpc) is 2.45. The van der Waals surface area contributed by atoms with Crippen LogP contribution in [0.4, 0.5) is 0 Å². The topological polar surface area (TPSA) is 90.6 Å². The van der Waals surface area contributed by atoms with Crippen LogP contribution in [0.1, 0.15) is 13.3 Å². The van der Waals surface area contributed by atoms with Gasteiger partial charge in [0.05, 0.1) is 29.2 Å². The largest absolute Gasteiger partial charge is 0.495 e. The number of nitrogens with two attached hydrogens (primary N) is 1. The monoisotopic (exact) mass is 334 g/mol. The molecule has 0 aromatic heterocycles. The fraction of sp³-hybridized carbons (Fsp3) is 0.538. The van der Waals surface area contributed by atoms with E-state index in [-0.39, 0.29) is 22.1 Å². The van der Waals surface area contributed by atoms with E-state index in [4.69, 9.17) is 26.8 Å². The first kappa shape index (κ1) is 16.5. The quantitative estimate of drug-likeness (QED) is 0.814. The molecule has 3 unspecified atom stereocenters. The van der Waals surface area contributed by atoms with Crippen molar-refractivity contribution in [2.75, 3.05) is 13.7 Å². The van der Waals surface area contributed by atoms with Gasteiger partial charge in [-0.25, -0.2) is 13.1 Å². The average molecular weight is 335 g/mol. The molecule has 0 bridgehead atoms. The molecular weight excluding hydrogens is 316 g/mol. The van der Waals surface area contributed by atoms with Crippen LogP contribution < -0.4 is 15.2 Å². The summed E-state index contributed by atoms with van der Waals surface area (Å²) < 4.78 is 37.8. The van der Waals surface area contributed by atoms with Gasteiger partial charge in [0.15, 0.2) is 0 Å². The number of hydrogen-bond donors (Lipinski definition) is 2. The zero-order valence-electron chi connectivity index (χ0n) is 11.9. The summed E-state index contributed by atoms with van der Waals surface area (Å²) in [7, 11) is -2.24. The molecule has 0 heterocycles. The van der Waals surface area contributed by atoms with Gasteiger partial charge in [0.1, 0.15) is 5.75 Å². The van der Waals surface area contributed by atoms with E-state index in [1.165, 1.54) is 25.3 Å². The number of benzene rings is 1. The second-order valence-corrected chi connectivity index (χ2v) is 6.96. The fourth-order valence-corrected chi connectivity index (χ4v) is 3.92. The van der Waals surface area contributed by atoms with Crippen LogP contribution in [-0.4, -0.2) is 40.3 Å². The fourth-order valence-electron chi connectivity index (χ4n) is 2.25. The Kier molecular flexibility index (Phi) is 5.11. The van der Waals surface area contributed by atoms with E-state index in [1.807, 2.05) is 6.92 Å². The lowest BCUT2D eigenvalue weighted by molar-refractivity contribution is -0.0248. The Bertz CT molecular complexity index is 606. The maximum absolute atomic E-state index is 12.4. The minimum Gasteiger partial charge on any atom is -0.495 e. The molecule has 118 valence electrons. The lowest BCUT2D eigenvalue weighted by Gasteiger charge is -2.42. The smallest absolute Gasteiger partial charge is 0.241 e. The predicted octanol–water partition coefficient (Wildman–Crippen LogP) is 1.13. The molecule has 0 saturated heterocycles. The lowest BCUT2D eigenvalue weighted by Crippen LogP contribution is -2.64. The summed E-state index contributed by atoms with van der Waals surface area (Å²) in [6.07, 6.45) is 0.457. The third-order valence-corrected chi connectivity index (χ3v) is 5.22. The zero-order valence-corrected chi connectivity index (χ0v) is 13.4. The van der Waals surface area contributed by atoms with Crippen molar-refractivity contribution in [1.29, 1.82) is 0 Å². The van der Waals surface area contributed by atoms with Crippen LogP contribution in [0, 0.1) is 0 Å². The van der Waals surface area contributed by atoms with Gasteiger partial charge in [0.2, 0.25) is 10.0 Å². The molecule has 1 aromatic rings. The standard InChI is InChI=1S/C13H19ClN2O4S/c1-3-20-12-7-10(15)13(12)16-21(17,18)8-4-5-11(19-2)9(14)6-8/h4-6,10,12-13,16H,3,7,15H2,1-2H3. The van der Waals surface area contributed by atoms with Gasteiger partial charge in [-0.05, 0) is 31.5 Å². The van der Waals surface area contributed by atoms with Gasteiger partial charge in [-0.3, -0.25) is 0 Å². The molecule has 1 aliphatic rings. The Morgan fingerprint density at radius 2 is 2.19 bits per heavy atom. The van der Waals surface area contributed by atoms with Crippen molar-refractivity contribution in [3.05, 3.63) is 23.2 Å². The molecule has 3 N–H and O–H groups in total. The summed E-state index contributed by atoms with van der Waals surface area (Å²) in [5.74, 6) is 0.420. The van der Waals surface area contributed by atoms with E-state index in [0.29, 0.717) is 18.8 Å². The summed E-state index contributed by atoms with van der Waals surface area (Å²) in [5.41, 5.74) is 5.85. The van der Waals surface area contributed by atoms with Crippen molar-refractivity contribution in [3.8, 4) is 5.75 Å². The first-order valence-electron chi connectivity index (χ1n) is 6.62. The molecule has 8 heteroatoms. The molecule has 0 amide bonds. The molecule has 0 radical (unpaired) electrons. The zero-order chi connectivity index (χ0) is 15.6. The molecule has 3 atom stereocenters. The minimum absolute atomic E-state index is 0.0719. The second kappa shape index (κ2) is 6.50. The van der Waals surface area contributed by atoms with Gasteiger partial charge >= 0.3 is 0 Å². The number of halogens is 1. The summed E-state index contributed by atoms with van der Waals surface area (Å²) in [4.78, 5) is 0.0719. The van der Waals surface area contributed by atoms with Crippen molar-refractivity contribution < 1.29 is 17.9 Å². The number of sulfonamides is 1. The highest BCUT2D eigenvalue weighted by molar-refractivity contribution is 7.89. The maximum atomic E-state index is 12.4. The third kappa shape index (κ3) is 3.49. The third-order valence-electron chi connectivity index (χ3n) is 3.47. The normalized spacial score (nSPS) is 25.4. The van der Waals surface area contributed by atoms with Crippen LogP contribution >= 0.6 is 11.6 Å². The number of nitrogens with one attached hydrogen (secondary N) is 1. The van der Waals surface area contributed by atoms with Gasteiger partial charge in [-0.1, -0.05) is 11.6 Å². The maximum Gasteiger partial charge on any atom is 0.241 e. The Morgan fingerprint density at radius 3 is 2.71 bits per heavy atom. The van der Waals surface area contributed by atoms with Crippen LogP contribution in [-0.2, 0) is 14.8 Å². The molecule has 1 fully saturated rings. The van der Waals surface area contributed by atoms with Crippen LogP contribution in [0.15, 0.2) is 23.1 Å². The molecule has 0 spiro atoms. The first-order valence-corrected chi connectivity index (χ1v) is 8.48. The van der Waals surface area contributed by atoms with Gasteiger partial charge in [0.25, 0.3) is 0 Å². The molecule has 0 aliphatic heterocycles. The van der Waals surface area contributed by atoms with Crippen LogP contribution in [0.2, 0.25) is 5.02 Å². The Labute approximate surface area is 129 Å². The summed E-state index contributed by atoms with van der Waals surface area (Å²) in [5, 5.41) is 0.236. The van der Waals surface area contributed by atoms with E-state index in [0.717, 1.165) is 0 Å². The van der Waals surface area contributed by atoms with Crippen LogP contribution in [0.25, 0.3) is 0 Å². The first-order chi connectivity index (χ1) is 9.89. The Morgan fingerprint density at radius 1 is 1.48 bits per heavy atom. The van der Waals surface area contributed by atoms with Crippen molar-refractivity contribution >= 4 is 21.6 Å². The molecule has 2 rings (SSSR count). The van der Waals surface area contributed by atoms with E-state index >= 15 is 0 Å². The van der Waals surface area contributed by atoms with E-state index < -0.39 is 16.1 Å². The predicted molar refractivity (Wildman–Crippen MR) is 80.1 cm³/mol.